The van der Waals surface area contributed by atoms with Gasteiger partial charge in [0.05, 0.1) is 0 Å². The molecule has 0 saturated carbocycles. The number of sulfonamides is 1. The van der Waals surface area contributed by atoms with Gasteiger partial charge in [-0.25, -0.2) is 12.8 Å². The van der Waals surface area contributed by atoms with E-state index in [1.807, 2.05) is 0 Å². The molecule has 0 radical (unpaired) electrons. The van der Waals surface area contributed by atoms with Gasteiger partial charge in [-0.3, -0.25) is 4.72 Å². The molecule has 1 heterocycles. The molecule has 18 heavy (non-hydrogen) atoms. The van der Waals surface area contributed by atoms with E-state index in [4.69, 9.17) is 11.6 Å². The van der Waals surface area contributed by atoms with Crippen LogP contribution < -0.4 is 4.72 Å². The van der Waals surface area contributed by atoms with Crippen LogP contribution in [0.25, 0.3) is 0 Å². The molecule has 0 aliphatic heterocycles. The molecular formula is C10H7ClFN3O2S. The van der Waals surface area contributed by atoms with Gasteiger partial charge in [0, 0.05) is 0 Å². The van der Waals surface area contributed by atoms with E-state index >= 15 is 0 Å². The van der Waals surface area contributed by atoms with E-state index in [-0.39, 0.29) is 11.0 Å². The molecule has 5 nitrogen and oxygen atoms in total. The smallest absolute Gasteiger partial charge is 0.262 e. The first-order valence-electron chi connectivity index (χ1n) is 4.75. The maximum absolute atomic E-state index is 13.4. The molecule has 94 valence electrons. The van der Waals surface area contributed by atoms with E-state index in [0.717, 1.165) is 12.1 Å². The third kappa shape index (κ3) is 2.74. The van der Waals surface area contributed by atoms with E-state index in [2.05, 4.69) is 14.9 Å². The van der Waals surface area contributed by atoms with Gasteiger partial charge >= 0.3 is 0 Å². The standard InChI is InChI=1S/C10H7ClFN3O2S/c11-9-5-6-10(14-13-9)15-18(16,17)8-4-2-1-3-7(8)12/h1-6H,(H,14,15). The van der Waals surface area contributed by atoms with Crippen LogP contribution in [0.1, 0.15) is 0 Å². The Morgan fingerprint density at radius 3 is 2.44 bits per heavy atom. The first-order chi connectivity index (χ1) is 8.49. The van der Waals surface area contributed by atoms with Crippen LogP contribution in [0, 0.1) is 5.82 Å². The Morgan fingerprint density at radius 1 is 1.11 bits per heavy atom. The molecule has 0 unspecified atom stereocenters. The summed E-state index contributed by atoms with van der Waals surface area (Å²) in [6.45, 7) is 0. The molecule has 0 saturated heterocycles. The zero-order valence-corrected chi connectivity index (χ0v) is 10.4. The Balaban J connectivity index is 2.33. The van der Waals surface area contributed by atoms with E-state index in [0.29, 0.717) is 0 Å². The number of anilines is 1. The number of halogens is 2. The fourth-order valence-electron chi connectivity index (χ4n) is 1.23. The van der Waals surface area contributed by atoms with Crippen molar-refractivity contribution in [2.75, 3.05) is 4.72 Å². The minimum absolute atomic E-state index is 0.0392. The van der Waals surface area contributed by atoms with E-state index in [9.17, 15) is 12.8 Å². The highest BCUT2D eigenvalue weighted by Gasteiger charge is 2.19. The number of hydrogen-bond acceptors (Lipinski definition) is 4. The number of nitrogens with zero attached hydrogens (tertiary/aromatic N) is 2. The van der Waals surface area contributed by atoms with E-state index < -0.39 is 20.7 Å². The number of rotatable bonds is 3. The van der Waals surface area contributed by atoms with Crippen LogP contribution in [-0.2, 0) is 10.0 Å². The molecule has 1 aromatic carbocycles. The second kappa shape index (κ2) is 4.87. The monoisotopic (exact) mass is 287 g/mol. The predicted octanol–water partition coefficient (Wildman–Crippen LogP) is 2.07. The van der Waals surface area contributed by atoms with Crippen LogP contribution in [0.2, 0.25) is 5.15 Å². The lowest BCUT2D eigenvalue weighted by atomic mass is 10.4. The third-order valence-electron chi connectivity index (χ3n) is 2.00. The number of aromatic nitrogens is 2. The fourth-order valence-corrected chi connectivity index (χ4v) is 2.40. The zero-order valence-electron chi connectivity index (χ0n) is 8.84. The lowest BCUT2D eigenvalue weighted by Crippen LogP contribution is -2.15. The molecule has 0 aliphatic rings. The first-order valence-corrected chi connectivity index (χ1v) is 6.62. The molecule has 1 N–H and O–H groups in total. The first kappa shape index (κ1) is 12.7. The molecule has 2 aromatic rings. The van der Waals surface area contributed by atoms with Crippen molar-refractivity contribution in [3.63, 3.8) is 0 Å². The van der Waals surface area contributed by atoms with Gasteiger partial charge in [0.1, 0.15) is 10.7 Å². The Morgan fingerprint density at radius 2 is 1.83 bits per heavy atom. The molecule has 2 rings (SSSR count). The average Bonchev–Trinajstić information content (AvgIpc) is 2.32. The van der Waals surface area contributed by atoms with Gasteiger partial charge in [0.2, 0.25) is 0 Å². The highest BCUT2D eigenvalue weighted by atomic mass is 35.5. The third-order valence-corrected chi connectivity index (χ3v) is 3.59. The van der Waals surface area contributed by atoms with Gasteiger partial charge in [-0.15, -0.1) is 10.2 Å². The zero-order chi connectivity index (χ0) is 13.2. The van der Waals surface area contributed by atoms with Crippen molar-refractivity contribution in [2.24, 2.45) is 0 Å². The van der Waals surface area contributed by atoms with Crippen molar-refractivity contribution in [1.29, 1.82) is 0 Å². The summed E-state index contributed by atoms with van der Waals surface area (Å²) >= 11 is 5.51. The van der Waals surface area contributed by atoms with Gasteiger partial charge < -0.3 is 0 Å². The SMILES string of the molecule is O=S(=O)(Nc1ccc(Cl)nn1)c1ccccc1F. The van der Waals surface area contributed by atoms with Crippen molar-refractivity contribution in [3.05, 3.63) is 47.4 Å². The topological polar surface area (TPSA) is 72.0 Å². The molecule has 0 spiro atoms. The summed E-state index contributed by atoms with van der Waals surface area (Å²) in [6.07, 6.45) is 0. The largest absolute Gasteiger partial charge is 0.266 e. The van der Waals surface area contributed by atoms with Gasteiger partial charge in [-0.05, 0) is 24.3 Å². The van der Waals surface area contributed by atoms with Crippen molar-refractivity contribution in [2.45, 2.75) is 4.90 Å². The minimum atomic E-state index is -4.03. The quantitative estimate of drug-likeness (QED) is 0.938. The Kier molecular flexibility index (Phi) is 3.44. The summed E-state index contributed by atoms with van der Waals surface area (Å²) in [4.78, 5) is -0.457. The van der Waals surface area contributed by atoms with Crippen LogP contribution in [0.3, 0.4) is 0 Å². The minimum Gasteiger partial charge on any atom is -0.262 e. The van der Waals surface area contributed by atoms with Gasteiger partial charge in [-0.2, -0.15) is 0 Å². The summed E-state index contributed by atoms with van der Waals surface area (Å²) in [5, 5.41) is 7.13. The summed E-state index contributed by atoms with van der Waals surface area (Å²) in [5.74, 6) is -0.880. The number of nitrogens with one attached hydrogen (secondary N) is 1. The molecule has 0 bridgehead atoms. The highest BCUT2D eigenvalue weighted by Crippen LogP contribution is 2.17. The normalized spacial score (nSPS) is 11.2. The van der Waals surface area contributed by atoms with E-state index in [1.54, 1.807) is 0 Å². The Labute approximate surface area is 108 Å². The Hall–Kier alpha value is -1.73. The maximum atomic E-state index is 13.4. The van der Waals surface area contributed by atoms with Crippen LogP contribution in [0.5, 0.6) is 0 Å². The fraction of sp³-hybridized carbons (Fsp3) is 0. The van der Waals surface area contributed by atoms with Crippen molar-refractivity contribution >= 4 is 27.4 Å². The lowest BCUT2D eigenvalue weighted by molar-refractivity contribution is 0.570. The summed E-state index contributed by atoms with van der Waals surface area (Å²) in [6, 6.07) is 7.73. The second-order valence-electron chi connectivity index (χ2n) is 3.28. The molecule has 0 atom stereocenters. The Bertz CT molecular complexity index is 661. The lowest BCUT2D eigenvalue weighted by Gasteiger charge is -2.07. The molecule has 0 amide bonds. The summed E-state index contributed by atoms with van der Waals surface area (Å²) < 4.78 is 39.2. The van der Waals surface area contributed by atoms with Crippen molar-refractivity contribution < 1.29 is 12.8 Å². The predicted molar refractivity (Wildman–Crippen MR) is 64.3 cm³/mol. The number of benzene rings is 1. The molecular weight excluding hydrogens is 281 g/mol. The molecule has 0 fully saturated rings. The van der Waals surface area contributed by atoms with Crippen molar-refractivity contribution in [3.8, 4) is 0 Å². The van der Waals surface area contributed by atoms with Gasteiger partial charge in [0.15, 0.2) is 11.0 Å². The van der Waals surface area contributed by atoms with Crippen LogP contribution in [0.4, 0.5) is 10.2 Å². The van der Waals surface area contributed by atoms with Crippen LogP contribution >= 0.6 is 11.6 Å². The molecule has 1 aromatic heterocycles. The average molecular weight is 288 g/mol. The second-order valence-corrected chi connectivity index (χ2v) is 5.32. The molecule has 8 heteroatoms. The van der Waals surface area contributed by atoms with Crippen LogP contribution in [0.15, 0.2) is 41.3 Å². The van der Waals surface area contributed by atoms with Crippen molar-refractivity contribution in [1.82, 2.24) is 10.2 Å². The number of hydrogen-bond donors (Lipinski definition) is 1. The van der Waals surface area contributed by atoms with Gasteiger partial charge in [0.25, 0.3) is 10.0 Å². The van der Waals surface area contributed by atoms with Gasteiger partial charge in [-0.1, -0.05) is 23.7 Å². The highest BCUT2D eigenvalue weighted by molar-refractivity contribution is 7.92. The molecule has 0 aliphatic carbocycles. The summed E-state index contributed by atoms with van der Waals surface area (Å²) in [5.41, 5.74) is 0. The summed E-state index contributed by atoms with van der Waals surface area (Å²) in [7, 11) is -4.03. The van der Waals surface area contributed by atoms with E-state index in [1.165, 1.54) is 24.3 Å². The maximum Gasteiger partial charge on any atom is 0.266 e. The van der Waals surface area contributed by atoms with Crippen LogP contribution in [-0.4, -0.2) is 18.6 Å².